The molecule has 3 aliphatic rings. The van der Waals surface area contributed by atoms with Crippen LogP contribution in [0, 0.1) is 11.8 Å². The number of nitrogens with zero attached hydrogens (tertiary/aromatic N) is 4. The summed E-state index contributed by atoms with van der Waals surface area (Å²) in [7, 11) is 3.43. The summed E-state index contributed by atoms with van der Waals surface area (Å²) in [6.45, 7) is 12.8. The lowest BCUT2D eigenvalue weighted by molar-refractivity contribution is -0.122. The number of fused-ring (bicyclic) bond motifs is 2. The largest absolute Gasteiger partial charge is 0.495 e. The van der Waals surface area contributed by atoms with Crippen molar-refractivity contribution in [2.45, 2.75) is 53.4 Å². The monoisotopic (exact) mass is 548 g/mol. The molecule has 2 atom stereocenters. The van der Waals surface area contributed by atoms with E-state index in [1.807, 2.05) is 37.5 Å². The van der Waals surface area contributed by atoms with Crippen molar-refractivity contribution in [2.75, 3.05) is 73.1 Å². The van der Waals surface area contributed by atoms with E-state index in [0.29, 0.717) is 13.1 Å². The molecule has 2 aromatic rings. The van der Waals surface area contributed by atoms with Crippen LogP contribution in [0.4, 0.5) is 22.7 Å². The molecule has 1 saturated heterocycles. The summed E-state index contributed by atoms with van der Waals surface area (Å²) in [6, 6.07) is 8.62. The van der Waals surface area contributed by atoms with E-state index in [9.17, 15) is 9.59 Å². The molecule has 40 heavy (non-hydrogen) atoms. The third-order valence-electron chi connectivity index (χ3n) is 9.00. The van der Waals surface area contributed by atoms with Crippen molar-refractivity contribution < 1.29 is 19.1 Å². The fourth-order valence-electron chi connectivity index (χ4n) is 6.53. The van der Waals surface area contributed by atoms with Crippen LogP contribution in [-0.4, -0.2) is 65.3 Å². The first kappa shape index (κ1) is 28.1. The molecular weight excluding hydrogens is 504 g/mol. The maximum Gasteiger partial charge on any atom is 0.229 e. The van der Waals surface area contributed by atoms with Gasteiger partial charge in [0.05, 0.1) is 37.0 Å². The molecule has 0 radical (unpaired) electrons. The van der Waals surface area contributed by atoms with Crippen molar-refractivity contribution in [1.29, 1.82) is 0 Å². The maximum atomic E-state index is 13.0. The molecule has 5 rings (SSSR count). The summed E-state index contributed by atoms with van der Waals surface area (Å²) < 4.78 is 11.8. The minimum absolute atomic E-state index is 0.0203. The van der Waals surface area contributed by atoms with Crippen LogP contribution in [0.15, 0.2) is 24.3 Å². The molecule has 8 heteroatoms. The van der Waals surface area contributed by atoms with E-state index < -0.39 is 0 Å². The Hall–Kier alpha value is -3.42. The van der Waals surface area contributed by atoms with Crippen LogP contribution in [0.2, 0.25) is 0 Å². The summed E-state index contributed by atoms with van der Waals surface area (Å²) in [6.07, 6.45) is 3.50. The summed E-state index contributed by atoms with van der Waals surface area (Å²) in [5.74, 6) is 2.06. The highest BCUT2D eigenvalue weighted by Gasteiger charge is 2.31. The summed E-state index contributed by atoms with van der Waals surface area (Å²) in [4.78, 5) is 34.6. The number of carbonyl (C=O) groups excluding carboxylic acids is 2. The summed E-state index contributed by atoms with van der Waals surface area (Å²) in [5, 5.41) is 0. The standard InChI is InChI=1S/C32H44N4O4/c1-7-35-25-19-29(39-5)27(17-23(25)11-9-21(3)31(35)37)33-13-15-34(16-14-33)28-18-24-12-10-22(4)32(38)36(8-2)26(24)20-30(28)40-6/h17-22H,7-16H2,1-6H3. The Morgan fingerprint density at radius 2 is 1.02 bits per heavy atom. The molecule has 2 amide bonds. The van der Waals surface area contributed by atoms with Gasteiger partial charge in [0.15, 0.2) is 0 Å². The van der Waals surface area contributed by atoms with Gasteiger partial charge in [0.25, 0.3) is 0 Å². The van der Waals surface area contributed by atoms with Gasteiger partial charge in [0, 0.05) is 63.2 Å². The number of aryl methyl sites for hydroxylation is 2. The van der Waals surface area contributed by atoms with Crippen LogP contribution in [-0.2, 0) is 22.4 Å². The highest BCUT2D eigenvalue weighted by molar-refractivity contribution is 5.98. The Kier molecular flexibility index (Phi) is 8.15. The van der Waals surface area contributed by atoms with Crippen LogP contribution in [0.25, 0.3) is 0 Å². The van der Waals surface area contributed by atoms with Gasteiger partial charge < -0.3 is 29.1 Å². The zero-order valence-electron chi connectivity index (χ0n) is 25.0. The fraction of sp³-hybridized carbons (Fsp3) is 0.562. The molecule has 2 unspecified atom stereocenters. The van der Waals surface area contributed by atoms with Gasteiger partial charge in [-0.1, -0.05) is 13.8 Å². The lowest BCUT2D eigenvalue weighted by Gasteiger charge is -2.39. The molecule has 2 aromatic carbocycles. The lowest BCUT2D eigenvalue weighted by atomic mass is 10.0. The van der Waals surface area contributed by atoms with Gasteiger partial charge in [-0.3, -0.25) is 9.59 Å². The number of piperazine rings is 1. The van der Waals surface area contributed by atoms with Crippen molar-refractivity contribution in [3.8, 4) is 11.5 Å². The normalized spacial score (nSPS) is 21.6. The highest BCUT2D eigenvalue weighted by atomic mass is 16.5. The van der Waals surface area contributed by atoms with E-state index in [4.69, 9.17) is 9.47 Å². The quantitative estimate of drug-likeness (QED) is 0.512. The van der Waals surface area contributed by atoms with Crippen molar-refractivity contribution in [3.63, 3.8) is 0 Å². The number of amides is 2. The Labute approximate surface area is 238 Å². The number of benzene rings is 2. The van der Waals surface area contributed by atoms with E-state index in [1.54, 1.807) is 14.2 Å². The van der Waals surface area contributed by atoms with Crippen molar-refractivity contribution in [2.24, 2.45) is 11.8 Å². The molecule has 216 valence electrons. The average molecular weight is 549 g/mol. The Balaban J connectivity index is 1.40. The zero-order chi connectivity index (χ0) is 28.6. The minimum atomic E-state index is 0.0203. The van der Waals surface area contributed by atoms with Gasteiger partial charge in [-0.2, -0.15) is 0 Å². The smallest absolute Gasteiger partial charge is 0.229 e. The topological polar surface area (TPSA) is 65.6 Å². The molecule has 0 N–H and O–H groups in total. The molecule has 0 aliphatic carbocycles. The van der Waals surface area contributed by atoms with Crippen molar-refractivity contribution >= 4 is 34.6 Å². The summed E-state index contributed by atoms with van der Waals surface area (Å²) in [5.41, 5.74) is 6.60. The van der Waals surface area contributed by atoms with Gasteiger partial charge in [0.1, 0.15) is 11.5 Å². The zero-order valence-corrected chi connectivity index (χ0v) is 25.0. The number of hydrogen-bond donors (Lipinski definition) is 0. The SMILES string of the molecule is CCN1C(=O)C(C)CCc2cc(N3CCN(c4cc5c(cc4OC)N(CC)C(=O)C(C)CC5)CC3)c(OC)cc21. The third-order valence-corrected chi connectivity index (χ3v) is 9.00. The summed E-state index contributed by atoms with van der Waals surface area (Å²) >= 11 is 0. The number of methoxy groups -OCH3 is 2. The van der Waals surface area contributed by atoms with Crippen LogP contribution >= 0.6 is 0 Å². The fourth-order valence-corrected chi connectivity index (χ4v) is 6.53. The van der Waals surface area contributed by atoms with Crippen molar-refractivity contribution in [1.82, 2.24) is 0 Å². The first-order chi connectivity index (χ1) is 19.3. The third kappa shape index (κ3) is 4.97. The number of hydrogen-bond acceptors (Lipinski definition) is 6. The number of ether oxygens (including phenoxy) is 2. The van der Waals surface area contributed by atoms with Gasteiger partial charge >= 0.3 is 0 Å². The van der Waals surface area contributed by atoms with E-state index in [0.717, 1.165) is 86.1 Å². The van der Waals surface area contributed by atoms with Gasteiger partial charge in [0.2, 0.25) is 11.8 Å². The predicted octanol–water partition coefficient (Wildman–Crippen LogP) is 4.90. The molecule has 8 nitrogen and oxygen atoms in total. The van der Waals surface area contributed by atoms with Gasteiger partial charge in [-0.25, -0.2) is 0 Å². The van der Waals surface area contributed by atoms with Crippen LogP contribution < -0.4 is 29.1 Å². The van der Waals surface area contributed by atoms with Crippen molar-refractivity contribution in [3.05, 3.63) is 35.4 Å². The van der Waals surface area contributed by atoms with Gasteiger partial charge in [-0.05, 0) is 62.8 Å². The molecule has 3 heterocycles. The Morgan fingerprint density at radius 3 is 1.35 bits per heavy atom. The van der Waals surface area contributed by atoms with E-state index in [1.165, 1.54) is 11.1 Å². The maximum absolute atomic E-state index is 13.0. The number of anilines is 4. The molecule has 0 bridgehead atoms. The van der Waals surface area contributed by atoms with E-state index >= 15 is 0 Å². The van der Waals surface area contributed by atoms with E-state index in [-0.39, 0.29) is 23.7 Å². The van der Waals surface area contributed by atoms with Crippen LogP contribution in [0.1, 0.15) is 51.7 Å². The van der Waals surface area contributed by atoms with Crippen LogP contribution in [0.3, 0.4) is 0 Å². The number of rotatable bonds is 6. The number of carbonyl (C=O) groups is 2. The molecule has 3 aliphatic heterocycles. The molecule has 0 aromatic heterocycles. The second-order valence-electron chi connectivity index (χ2n) is 11.3. The van der Waals surface area contributed by atoms with E-state index in [2.05, 4.69) is 34.1 Å². The second-order valence-corrected chi connectivity index (χ2v) is 11.3. The second kappa shape index (κ2) is 11.6. The Morgan fingerprint density at radius 1 is 0.650 bits per heavy atom. The molecular formula is C32H44N4O4. The van der Waals surface area contributed by atoms with Gasteiger partial charge in [-0.15, -0.1) is 0 Å². The lowest BCUT2D eigenvalue weighted by Crippen LogP contribution is -2.47. The first-order valence-electron chi connectivity index (χ1n) is 14.9. The average Bonchev–Trinajstić information content (AvgIpc) is 3.18. The predicted molar refractivity (Wildman–Crippen MR) is 161 cm³/mol. The highest BCUT2D eigenvalue weighted by Crippen LogP contribution is 2.42. The molecule has 1 fully saturated rings. The Bertz CT molecular complexity index is 1170. The van der Waals surface area contributed by atoms with Crippen LogP contribution in [0.5, 0.6) is 11.5 Å². The minimum Gasteiger partial charge on any atom is -0.495 e. The molecule has 0 spiro atoms. The first-order valence-corrected chi connectivity index (χ1v) is 14.9. The molecule has 0 saturated carbocycles.